The quantitative estimate of drug-likeness (QED) is 0.0259. The number of unbranched alkanes of at least 4 members (excludes halogenated alkanes) is 43. The summed E-state index contributed by atoms with van der Waals surface area (Å²) >= 11 is 0. The molecule has 0 aliphatic carbocycles. The molecule has 14 heteroatoms. The first kappa shape index (κ1) is 74.1. The van der Waals surface area contributed by atoms with E-state index >= 15 is 0 Å². The second-order valence-electron chi connectivity index (χ2n) is 24.3. The molecule has 0 radical (unpaired) electrons. The Hall–Kier alpha value is -1.01. The molecule has 2 saturated heterocycles. The fourth-order valence-corrected chi connectivity index (χ4v) is 11.7. The maximum Gasteiger partial charge on any atom is 0.220 e. The average molecular weight is 1130 g/mol. The number of amides is 1. The highest BCUT2D eigenvalue weighted by Gasteiger charge is 2.51. The number of ether oxygens (including phenoxy) is 4. The predicted octanol–water partition coefficient (Wildman–Crippen LogP) is 12.8. The molecule has 2 aliphatic heterocycles. The summed E-state index contributed by atoms with van der Waals surface area (Å²) in [7, 11) is 0. The highest BCUT2D eigenvalue weighted by molar-refractivity contribution is 5.76. The molecule has 0 spiro atoms. The topological polar surface area (TPSA) is 228 Å². The molecule has 0 aromatic carbocycles. The third-order valence-electron chi connectivity index (χ3n) is 17.1. The van der Waals surface area contributed by atoms with Crippen LogP contribution < -0.4 is 5.32 Å². The molecule has 0 aromatic heterocycles. The van der Waals surface area contributed by atoms with E-state index in [1.165, 1.54) is 238 Å². The minimum absolute atomic E-state index is 0.198. The van der Waals surface area contributed by atoms with E-state index in [4.69, 9.17) is 18.9 Å². The van der Waals surface area contributed by atoms with Gasteiger partial charge < -0.3 is 65.1 Å². The van der Waals surface area contributed by atoms with E-state index in [1.54, 1.807) is 0 Å². The van der Waals surface area contributed by atoms with Crippen molar-refractivity contribution in [1.82, 2.24) is 5.32 Å². The molecule has 12 atom stereocenters. The number of rotatable bonds is 56. The van der Waals surface area contributed by atoms with E-state index in [0.29, 0.717) is 12.8 Å². The zero-order chi connectivity index (χ0) is 57.4. The van der Waals surface area contributed by atoms with Gasteiger partial charge in [-0.3, -0.25) is 4.79 Å². The number of nitrogens with one attached hydrogen (secondary N) is 1. The summed E-state index contributed by atoms with van der Waals surface area (Å²) in [5, 5.41) is 87.4. The standard InChI is InChI=1S/C65H127NO13/c1-3-5-7-9-11-13-15-17-19-21-22-23-24-25-26-27-28-29-30-31-32-33-35-37-39-41-43-45-47-49-57(70)66-53(54(69)48-46-44-42-40-38-36-34-20-18-16-14-12-10-8-6-4-2)52-76-64-62(75)60(73)63(56(51-68)78-64)79-65-61(74)59(72)58(71)55(50-67)77-65/h53-56,58-65,67-69,71-75H,3-52H2,1-2H3,(H,66,70)/t53-,54+,55+,56+,58-,59?,60?,61?,62?,63+,64+,65-/m0/s1. The fraction of sp³-hybridized carbons (Fsp3) is 0.985. The molecule has 470 valence electrons. The number of carbonyl (C=O) groups is 1. The van der Waals surface area contributed by atoms with Gasteiger partial charge in [0.2, 0.25) is 5.91 Å². The first-order valence-electron chi connectivity index (χ1n) is 33.8. The Balaban J connectivity index is 1.64. The number of hydrogen-bond acceptors (Lipinski definition) is 13. The van der Waals surface area contributed by atoms with Crippen molar-refractivity contribution in [2.45, 2.75) is 389 Å². The van der Waals surface area contributed by atoms with Crippen LogP contribution in [0.25, 0.3) is 0 Å². The number of hydrogen-bond donors (Lipinski definition) is 9. The van der Waals surface area contributed by atoms with Crippen LogP contribution in [0.4, 0.5) is 0 Å². The van der Waals surface area contributed by atoms with Crippen molar-refractivity contribution in [3.63, 3.8) is 0 Å². The van der Waals surface area contributed by atoms with Crippen LogP contribution in [0.1, 0.15) is 316 Å². The van der Waals surface area contributed by atoms with E-state index in [0.717, 1.165) is 51.4 Å². The first-order chi connectivity index (χ1) is 38.6. The van der Waals surface area contributed by atoms with Gasteiger partial charge in [-0.25, -0.2) is 0 Å². The van der Waals surface area contributed by atoms with E-state index in [1.807, 2.05) is 0 Å². The van der Waals surface area contributed by atoms with Crippen LogP contribution in [0.5, 0.6) is 0 Å². The molecule has 14 nitrogen and oxygen atoms in total. The summed E-state index contributed by atoms with van der Waals surface area (Å²) in [5.74, 6) is -0.198. The van der Waals surface area contributed by atoms with Crippen LogP contribution in [0.2, 0.25) is 0 Å². The summed E-state index contributed by atoms with van der Waals surface area (Å²) in [4.78, 5) is 13.3. The van der Waals surface area contributed by atoms with Crippen LogP contribution in [0, 0.1) is 0 Å². The molecule has 2 aliphatic rings. The van der Waals surface area contributed by atoms with Crippen molar-refractivity contribution in [2.24, 2.45) is 0 Å². The molecular weight excluding hydrogens is 1000 g/mol. The van der Waals surface area contributed by atoms with E-state index < -0.39 is 86.8 Å². The van der Waals surface area contributed by atoms with Gasteiger partial charge in [-0.1, -0.05) is 296 Å². The largest absolute Gasteiger partial charge is 0.394 e. The van der Waals surface area contributed by atoms with Gasteiger partial charge in [0.25, 0.3) is 0 Å². The molecule has 1 amide bonds. The molecule has 2 rings (SSSR count). The second-order valence-corrected chi connectivity index (χ2v) is 24.3. The van der Waals surface area contributed by atoms with Crippen molar-refractivity contribution in [1.29, 1.82) is 0 Å². The van der Waals surface area contributed by atoms with Crippen molar-refractivity contribution < 1.29 is 64.6 Å². The molecule has 2 heterocycles. The Morgan fingerprint density at radius 3 is 1.08 bits per heavy atom. The smallest absolute Gasteiger partial charge is 0.220 e. The lowest BCUT2D eigenvalue weighted by molar-refractivity contribution is -0.359. The Bertz CT molecular complexity index is 1330. The highest BCUT2D eigenvalue weighted by atomic mass is 16.7. The van der Waals surface area contributed by atoms with Crippen LogP contribution in [0.3, 0.4) is 0 Å². The predicted molar refractivity (Wildman–Crippen MR) is 319 cm³/mol. The lowest BCUT2D eigenvalue weighted by atomic mass is 9.97. The second kappa shape index (κ2) is 51.4. The van der Waals surface area contributed by atoms with Crippen molar-refractivity contribution in [3.05, 3.63) is 0 Å². The van der Waals surface area contributed by atoms with Gasteiger partial charge in [0.05, 0.1) is 32.0 Å². The molecule has 9 N–H and O–H groups in total. The lowest BCUT2D eigenvalue weighted by Gasteiger charge is -2.46. The van der Waals surface area contributed by atoms with Crippen LogP contribution in [-0.2, 0) is 23.7 Å². The SMILES string of the molecule is CCCCCCCCCCCCCCCCCCCCCCCCCCCCCCCC(=O)N[C@@H](CO[C@@H]1O[C@H](CO)[C@@H](O[C@@H]2O[C@H](CO)[C@H](O)C(O)C2O)C(O)C1O)[C@H](O)CCCCCCCCCCCCCCCCCC. The third-order valence-corrected chi connectivity index (χ3v) is 17.1. The molecule has 0 aromatic rings. The highest BCUT2D eigenvalue weighted by Crippen LogP contribution is 2.30. The Morgan fingerprint density at radius 1 is 0.405 bits per heavy atom. The Morgan fingerprint density at radius 2 is 0.722 bits per heavy atom. The zero-order valence-electron chi connectivity index (χ0n) is 50.9. The Labute approximate surface area is 483 Å². The number of aliphatic hydroxyl groups is 8. The van der Waals surface area contributed by atoms with E-state index in [9.17, 15) is 45.6 Å². The fourth-order valence-electron chi connectivity index (χ4n) is 11.7. The first-order valence-corrected chi connectivity index (χ1v) is 33.8. The van der Waals surface area contributed by atoms with Crippen molar-refractivity contribution in [3.8, 4) is 0 Å². The van der Waals surface area contributed by atoms with Crippen LogP contribution in [0.15, 0.2) is 0 Å². The lowest BCUT2D eigenvalue weighted by Crippen LogP contribution is -2.65. The molecule has 2 fully saturated rings. The van der Waals surface area contributed by atoms with Gasteiger partial charge >= 0.3 is 0 Å². The maximum atomic E-state index is 13.3. The van der Waals surface area contributed by atoms with E-state index in [-0.39, 0.29) is 12.5 Å². The average Bonchev–Trinajstić information content (AvgIpc) is 3.48. The summed E-state index contributed by atoms with van der Waals surface area (Å²) in [6, 6.07) is -0.823. The molecular formula is C65H127NO13. The number of aliphatic hydroxyl groups excluding tert-OH is 8. The molecule has 79 heavy (non-hydrogen) atoms. The van der Waals surface area contributed by atoms with Gasteiger partial charge in [-0.05, 0) is 12.8 Å². The zero-order valence-corrected chi connectivity index (χ0v) is 50.9. The van der Waals surface area contributed by atoms with Gasteiger partial charge in [0.15, 0.2) is 12.6 Å². The summed E-state index contributed by atoms with van der Waals surface area (Å²) in [6.07, 6.45) is 42.6. The van der Waals surface area contributed by atoms with Gasteiger partial charge in [-0.15, -0.1) is 0 Å². The molecule has 0 bridgehead atoms. The minimum atomic E-state index is -1.78. The normalized spacial score (nSPS) is 24.3. The molecule has 0 saturated carbocycles. The number of carbonyl (C=O) groups excluding carboxylic acids is 1. The Kier molecular flexibility index (Phi) is 48.2. The van der Waals surface area contributed by atoms with Crippen LogP contribution in [-0.4, -0.2) is 140 Å². The van der Waals surface area contributed by atoms with Gasteiger partial charge in [0.1, 0.15) is 48.8 Å². The van der Waals surface area contributed by atoms with Gasteiger partial charge in [0, 0.05) is 6.42 Å². The van der Waals surface area contributed by atoms with Crippen molar-refractivity contribution in [2.75, 3.05) is 19.8 Å². The summed E-state index contributed by atoms with van der Waals surface area (Å²) in [5.41, 5.74) is 0. The van der Waals surface area contributed by atoms with Crippen molar-refractivity contribution >= 4 is 5.91 Å². The summed E-state index contributed by atoms with van der Waals surface area (Å²) < 4.78 is 22.9. The third kappa shape index (κ3) is 36.4. The summed E-state index contributed by atoms with van der Waals surface area (Å²) in [6.45, 7) is 2.91. The monoisotopic (exact) mass is 1130 g/mol. The molecule has 4 unspecified atom stereocenters. The maximum absolute atomic E-state index is 13.3. The van der Waals surface area contributed by atoms with E-state index in [2.05, 4.69) is 19.2 Å². The van der Waals surface area contributed by atoms with Gasteiger partial charge in [-0.2, -0.15) is 0 Å². The minimum Gasteiger partial charge on any atom is -0.394 e. The van der Waals surface area contributed by atoms with Crippen LogP contribution >= 0.6 is 0 Å².